The zero-order valence-electron chi connectivity index (χ0n) is 37.7. The molecule has 1 aliphatic heterocycles. The van der Waals surface area contributed by atoms with E-state index < -0.39 is 5.41 Å². The lowest BCUT2D eigenvalue weighted by Crippen LogP contribution is -2.28. The standard InChI is InChI=1S/C64H47N3S/c1-3-4-9-24-45(2)65-60-40-23-37-53(61(60)68-62-56-36-19-21-39-59(56)67(63(62)65)50-32-16-8-17-33-50)46-25-22-34-51(43-46)66(49-30-14-7-15-31-49)52-41-42-55-54-35-18-20-38-57(54)64(58(55)44-52,47-26-10-5-11-27-47)48-28-12-6-13-29-48/h3-44H,1H2,2H3/b9-4-,45-24+. The lowest BCUT2D eigenvalue weighted by atomic mass is 9.67. The third-order valence-corrected chi connectivity index (χ3v) is 14.8. The molecule has 2 aliphatic rings. The third kappa shape index (κ3) is 6.59. The molecule has 0 atom stereocenters. The number of nitrogens with zero attached hydrogens (tertiary/aromatic N) is 3. The molecule has 0 N–H and O–H groups in total. The molecule has 1 aliphatic carbocycles. The molecule has 0 radical (unpaired) electrons. The predicted molar refractivity (Wildman–Crippen MR) is 286 cm³/mol. The molecule has 0 saturated carbocycles. The quantitative estimate of drug-likeness (QED) is 0.127. The van der Waals surface area contributed by atoms with E-state index in [9.17, 15) is 0 Å². The van der Waals surface area contributed by atoms with Crippen LogP contribution >= 0.6 is 11.8 Å². The van der Waals surface area contributed by atoms with Gasteiger partial charge in [0.1, 0.15) is 5.82 Å². The second kappa shape index (κ2) is 17.2. The van der Waals surface area contributed by atoms with Crippen LogP contribution in [0.25, 0.3) is 38.8 Å². The Labute approximate surface area is 402 Å². The van der Waals surface area contributed by atoms with Gasteiger partial charge in [-0.3, -0.25) is 9.47 Å². The fraction of sp³-hybridized carbons (Fsp3) is 0.0312. The van der Waals surface area contributed by atoms with Gasteiger partial charge in [-0.15, -0.1) is 0 Å². The second-order valence-corrected chi connectivity index (χ2v) is 18.4. The number of rotatable bonds is 10. The van der Waals surface area contributed by atoms with E-state index in [4.69, 9.17) is 0 Å². The van der Waals surface area contributed by atoms with Gasteiger partial charge in [-0.05, 0) is 118 Å². The highest BCUT2D eigenvalue weighted by Gasteiger charge is 2.46. The number of hydrogen-bond donors (Lipinski definition) is 0. The highest BCUT2D eigenvalue weighted by Crippen LogP contribution is 2.59. The number of aromatic nitrogens is 1. The maximum atomic E-state index is 3.94. The molecule has 1 aromatic heterocycles. The summed E-state index contributed by atoms with van der Waals surface area (Å²) in [6.45, 7) is 6.15. The van der Waals surface area contributed by atoms with Gasteiger partial charge in [-0.25, -0.2) is 0 Å². The van der Waals surface area contributed by atoms with Crippen LogP contribution in [0.15, 0.2) is 277 Å². The SMILES string of the molecule is C=C/C=C\C=C(/C)N1c2cccc(-c3cccc(N(c4ccccc4)c4ccc5c(c4)C(c4ccccc4)(c4ccccc4)c4ccccc4-5)c3)c2Sc2c1n(-c1ccccc1)c1ccccc21. The van der Waals surface area contributed by atoms with Crippen LogP contribution in [0.2, 0.25) is 0 Å². The first-order chi connectivity index (χ1) is 33.6. The molecular formula is C64H47N3S. The molecule has 10 aromatic rings. The zero-order chi connectivity index (χ0) is 45.6. The van der Waals surface area contributed by atoms with Crippen LogP contribution in [0.1, 0.15) is 29.2 Å². The Balaban J connectivity index is 1.04. The van der Waals surface area contributed by atoms with Gasteiger partial charge in [0, 0.05) is 38.7 Å². The molecule has 68 heavy (non-hydrogen) atoms. The monoisotopic (exact) mass is 889 g/mol. The average molecular weight is 890 g/mol. The van der Waals surface area contributed by atoms with Crippen molar-refractivity contribution in [3.8, 4) is 27.9 Å². The summed E-state index contributed by atoms with van der Waals surface area (Å²) in [5, 5.41) is 1.22. The van der Waals surface area contributed by atoms with Crippen molar-refractivity contribution in [2.75, 3.05) is 9.80 Å². The minimum absolute atomic E-state index is 0.516. The summed E-state index contributed by atoms with van der Waals surface area (Å²) in [6.07, 6.45) is 8.07. The van der Waals surface area contributed by atoms with Crippen molar-refractivity contribution in [3.05, 3.63) is 289 Å². The number of anilines is 5. The Bertz CT molecular complexity index is 3530. The Morgan fingerprint density at radius 3 is 1.87 bits per heavy atom. The van der Waals surface area contributed by atoms with Gasteiger partial charge >= 0.3 is 0 Å². The first kappa shape index (κ1) is 41.1. The van der Waals surface area contributed by atoms with Gasteiger partial charge in [0.05, 0.1) is 21.5 Å². The zero-order valence-corrected chi connectivity index (χ0v) is 38.5. The first-order valence-electron chi connectivity index (χ1n) is 23.2. The molecule has 0 unspecified atom stereocenters. The Hall–Kier alpha value is -8.31. The molecule has 0 fully saturated rings. The highest BCUT2D eigenvalue weighted by atomic mass is 32.2. The predicted octanol–water partition coefficient (Wildman–Crippen LogP) is 17.4. The van der Waals surface area contributed by atoms with E-state index in [1.165, 1.54) is 59.6 Å². The van der Waals surface area contributed by atoms with Gasteiger partial charge in [0.15, 0.2) is 0 Å². The van der Waals surface area contributed by atoms with Crippen LogP contribution in [0.4, 0.5) is 28.6 Å². The first-order valence-corrected chi connectivity index (χ1v) is 24.0. The fourth-order valence-electron chi connectivity index (χ4n) is 10.7. The summed E-state index contributed by atoms with van der Waals surface area (Å²) in [7, 11) is 0. The molecule has 4 heteroatoms. The van der Waals surface area contributed by atoms with Crippen LogP contribution in [-0.4, -0.2) is 4.57 Å². The van der Waals surface area contributed by atoms with Crippen LogP contribution in [0.5, 0.6) is 0 Å². The van der Waals surface area contributed by atoms with Crippen LogP contribution < -0.4 is 9.80 Å². The molecule has 324 valence electrons. The van der Waals surface area contributed by atoms with Crippen molar-refractivity contribution in [2.45, 2.75) is 22.1 Å². The van der Waals surface area contributed by atoms with E-state index >= 15 is 0 Å². The van der Waals surface area contributed by atoms with Crippen molar-refractivity contribution < 1.29 is 0 Å². The maximum Gasteiger partial charge on any atom is 0.137 e. The van der Waals surface area contributed by atoms with Crippen LogP contribution in [0.3, 0.4) is 0 Å². The normalized spacial score (nSPS) is 13.5. The molecular weight excluding hydrogens is 843 g/mol. The van der Waals surface area contributed by atoms with E-state index in [1.54, 1.807) is 0 Å². The number of benzene rings is 9. The van der Waals surface area contributed by atoms with Gasteiger partial charge in [-0.1, -0.05) is 206 Å². The smallest absolute Gasteiger partial charge is 0.137 e. The van der Waals surface area contributed by atoms with Crippen LogP contribution in [0, 0.1) is 0 Å². The molecule has 9 aromatic carbocycles. The molecule has 12 rings (SSSR count). The van der Waals surface area contributed by atoms with Gasteiger partial charge in [-0.2, -0.15) is 0 Å². The Kier molecular flexibility index (Phi) is 10.4. The van der Waals surface area contributed by atoms with E-state index in [2.05, 4.69) is 271 Å². The summed E-state index contributed by atoms with van der Waals surface area (Å²) >= 11 is 1.87. The molecule has 0 amide bonds. The minimum Gasteiger partial charge on any atom is -0.310 e. The average Bonchev–Trinajstić information content (AvgIpc) is 3.89. The Morgan fingerprint density at radius 1 is 0.515 bits per heavy atom. The maximum absolute atomic E-state index is 3.94. The van der Waals surface area contributed by atoms with Crippen molar-refractivity contribution >= 4 is 51.2 Å². The van der Waals surface area contributed by atoms with E-state index in [1.807, 2.05) is 23.9 Å². The van der Waals surface area contributed by atoms with Gasteiger partial charge in [0.25, 0.3) is 0 Å². The largest absolute Gasteiger partial charge is 0.310 e. The second-order valence-electron chi connectivity index (χ2n) is 17.3. The summed E-state index contributed by atoms with van der Waals surface area (Å²) < 4.78 is 2.42. The van der Waals surface area contributed by atoms with Gasteiger partial charge in [0.2, 0.25) is 0 Å². The molecule has 0 spiro atoms. The molecule has 2 heterocycles. The third-order valence-electron chi connectivity index (χ3n) is 13.5. The lowest BCUT2D eigenvalue weighted by molar-refractivity contribution is 0.768. The van der Waals surface area contributed by atoms with E-state index in [-0.39, 0.29) is 0 Å². The summed E-state index contributed by atoms with van der Waals surface area (Å²) in [4.78, 5) is 7.31. The van der Waals surface area contributed by atoms with Crippen molar-refractivity contribution in [3.63, 3.8) is 0 Å². The summed E-state index contributed by atoms with van der Waals surface area (Å²) in [5.41, 5.74) is 17.2. The summed E-state index contributed by atoms with van der Waals surface area (Å²) in [5.74, 6) is 1.14. The van der Waals surface area contributed by atoms with Crippen LogP contribution in [-0.2, 0) is 5.41 Å². The van der Waals surface area contributed by atoms with Crippen molar-refractivity contribution in [2.24, 2.45) is 0 Å². The number of fused-ring (bicyclic) bond motifs is 7. The molecule has 0 bridgehead atoms. The van der Waals surface area contributed by atoms with Crippen molar-refractivity contribution in [1.82, 2.24) is 4.57 Å². The topological polar surface area (TPSA) is 11.4 Å². The summed E-state index contributed by atoms with van der Waals surface area (Å²) in [6, 6.07) is 84.4. The molecule has 3 nitrogen and oxygen atoms in total. The minimum atomic E-state index is -0.516. The van der Waals surface area contributed by atoms with E-state index in [0.717, 1.165) is 45.5 Å². The Morgan fingerprint density at radius 2 is 1.12 bits per heavy atom. The molecule has 0 saturated heterocycles. The number of para-hydroxylation sites is 3. The number of hydrogen-bond acceptors (Lipinski definition) is 3. The fourth-order valence-corrected chi connectivity index (χ4v) is 12.0. The highest BCUT2D eigenvalue weighted by molar-refractivity contribution is 8.00. The number of allylic oxidation sites excluding steroid dienone is 5. The van der Waals surface area contributed by atoms with Crippen molar-refractivity contribution in [1.29, 1.82) is 0 Å². The van der Waals surface area contributed by atoms with Gasteiger partial charge < -0.3 is 4.90 Å². The van der Waals surface area contributed by atoms with E-state index in [0.29, 0.717) is 0 Å². The lowest BCUT2D eigenvalue weighted by Gasteiger charge is -2.35.